The second-order valence-corrected chi connectivity index (χ2v) is 3.92. The van der Waals surface area contributed by atoms with Crippen LogP contribution in [0.4, 0.5) is 0 Å². The third-order valence-corrected chi connectivity index (χ3v) is 3.02. The Labute approximate surface area is 91.1 Å². The molecule has 0 N–H and O–H groups in total. The maximum absolute atomic E-state index is 4.23. The van der Waals surface area contributed by atoms with Crippen LogP contribution in [0.2, 0.25) is 0 Å². The topological polar surface area (TPSA) is 38.7 Å². The van der Waals surface area contributed by atoms with Gasteiger partial charge in [0.1, 0.15) is 0 Å². The van der Waals surface area contributed by atoms with Crippen molar-refractivity contribution in [3.8, 4) is 0 Å². The Balaban J connectivity index is 2.51. The van der Waals surface area contributed by atoms with Crippen LogP contribution in [-0.4, -0.2) is 15.2 Å². The van der Waals surface area contributed by atoms with Gasteiger partial charge in [0, 0.05) is 39.3 Å². The number of rotatable bonds is 0. The zero-order chi connectivity index (χ0) is 10.5. The number of benzene rings is 2. The number of pyridine rings is 1. The van der Waals surface area contributed by atoms with E-state index in [4.69, 9.17) is 0 Å². The van der Waals surface area contributed by atoms with Crippen LogP contribution in [-0.2, 0) is 0 Å². The summed E-state index contributed by atoms with van der Waals surface area (Å²) in [5.74, 6) is 0. The van der Waals surface area contributed by atoms with Crippen LogP contribution in [0, 0.1) is 0 Å². The average Bonchev–Trinajstić information content (AvgIpc) is 2.36. The second kappa shape index (κ2) is 2.64. The molecule has 2 aromatic heterocycles. The largest absolute Gasteiger partial charge is 0.263 e. The average molecular weight is 205 g/mol. The minimum absolute atomic E-state index is 0.946. The van der Waals surface area contributed by atoms with Crippen molar-refractivity contribution in [1.82, 2.24) is 15.2 Å². The molecular formula is C13H7N3. The Morgan fingerprint density at radius 2 is 1.38 bits per heavy atom. The van der Waals surface area contributed by atoms with E-state index in [1.54, 1.807) is 0 Å². The van der Waals surface area contributed by atoms with E-state index in [1.807, 2.05) is 30.7 Å². The number of aromatic nitrogens is 3. The van der Waals surface area contributed by atoms with Crippen LogP contribution in [0.15, 0.2) is 42.9 Å². The number of hydrogen-bond donors (Lipinski definition) is 0. The summed E-state index contributed by atoms with van der Waals surface area (Å²) in [4.78, 5) is 4.23. The minimum Gasteiger partial charge on any atom is -0.263 e. The molecule has 4 aromatic rings. The van der Waals surface area contributed by atoms with Gasteiger partial charge in [0.25, 0.3) is 0 Å². The van der Waals surface area contributed by atoms with Crippen LogP contribution >= 0.6 is 0 Å². The fourth-order valence-electron chi connectivity index (χ4n) is 2.31. The molecule has 2 aromatic carbocycles. The monoisotopic (exact) mass is 205 g/mol. The number of nitrogens with zero attached hydrogens (tertiary/aromatic N) is 3. The van der Waals surface area contributed by atoms with Gasteiger partial charge < -0.3 is 0 Å². The first kappa shape index (κ1) is 7.93. The molecule has 0 radical (unpaired) electrons. The first-order valence-electron chi connectivity index (χ1n) is 5.14. The molecule has 0 fully saturated rings. The van der Waals surface area contributed by atoms with E-state index in [9.17, 15) is 0 Å². The molecular weight excluding hydrogens is 198 g/mol. The van der Waals surface area contributed by atoms with Crippen LogP contribution in [0.25, 0.3) is 32.4 Å². The molecule has 0 amide bonds. The molecule has 3 nitrogen and oxygen atoms in total. The van der Waals surface area contributed by atoms with E-state index in [2.05, 4.69) is 27.3 Å². The molecule has 2 heterocycles. The summed E-state index contributed by atoms with van der Waals surface area (Å²) < 4.78 is 0. The van der Waals surface area contributed by atoms with Crippen LogP contribution in [0.1, 0.15) is 0 Å². The molecule has 0 aliphatic heterocycles. The van der Waals surface area contributed by atoms with Gasteiger partial charge in [-0.1, -0.05) is 18.2 Å². The van der Waals surface area contributed by atoms with Gasteiger partial charge >= 0.3 is 0 Å². The molecule has 0 bridgehead atoms. The Kier molecular flexibility index (Phi) is 1.31. The lowest BCUT2D eigenvalue weighted by molar-refractivity contribution is 1.09. The van der Waals surface area contributed by atoms with E-state index in [1.165, 1.54) is 10.8 Å². The lowest BCUT2D eigenvalue weighted by Crippen LogP contribution is -1.88. The first-order valence-corrected chi connectivity index (χ1v) is 5.14. The van der Waals surface area contributed by atoms with E-state index in [0.29, 0.717) is 0 Å². The van der Waals surface area contributed by atoms with Crippen molar-refractivity contribution < 1.29 is 0 Å². The lowest BCUT2D eigenvalue weighted by Gasteiger charge is -2.07. The van der Waals surface area contributed by atoms with Crippen molar-refractivity contribution >= 4 is 32.4 Å². The van der Waals surface area contributed by atoms with Crippen LogP contribution in [0.3, 0.4) is 0 Å². The SMILES string of the molecule is c1cc2cnnc3ccc4cncc1c4c23. The van der Waals surface area contributed by atoms with Crippen LogP contribution < -0.4 is 0 Å². The normalized spacial score (nSPS) is 11.8. The summed E-state index contributed by atoms with van der Waals surface area (Å²) in [6.07, 6.45) is 5.59. The van der Waals surface area contributed by atoms with Crippen molar-refractivity contribution in [2.24, 2.45) is 0 Å². The summed E-state index contributed by atoms with van der Waals surface area (Å²) in [5, 5.41) is 14.0. The molecule has 0 saturated carbocycles. The van der Waals surface area contributed by atoms with E-state index < -0.39 is 0 Å². The molecule has 3 heteroatoms. The summed E-state index contributed by atoms with van der Waals surface area (Å²) in [6, 6.07) is 8.20. The predicted octanol–water partition coefficient (Wildman–Crippen LogP) is 2.77. The van der Waals surface area contributed by atoms with Crippen molar-refractivity contribution in [3.05, 3.63) is 42.9 Å². The van der Waals surface area contributed by atoms with Gasteiger partial charge in [-0.3, -0.25) is 4.98 Å². The zero-order valence-electron chi connectivity index (χ0n) is 8.38. The highest BCUT2D eigenvalue weighted by atomic mass is 15.1. The fourth-order valence-corrected chi connectivity index (χ4v) is 2.31. The van der Waals surface area contributed by atoms with Crippen molar-refractivity contribution in [2.45, 2.75) is 0 Å². The number of hydrogen-bond acceptors (Lipinski definition) is 3. The van der Waals surface area contributed by atoms with E-state index >= 15 is 0 Å². The van der Waals surface area contributed by atoms with Gasteiger partial charge in [-0.15, -0.1) is 0 Å². The fraction of sp³-hybridized carbons (Fsp3) is 0. The van der Waals surface area contributed by atoms with Crippen LogP contribution in [0.5, 0.6) is 0 Å². The van der Waals surface area contributed by atoms with Gasteiger partial charge in [0.15, 0.2) is 0 Å². The summed E-state index contributed by atoms with van der Waals surface area (Å²) in [7, 11) is 0. The molecule has 0 atom stereocenters. The van der Waals surface area contributed by atoms with Gasteiger partial charge in [-0.2, -0.15) is 10.2 Å². The molecule has 0 spiro atoms. The minimum atomic E-state index is 0.946. The Morgan fingerprint density at radius 1 is 0.688 bits per heavy atom. The van der Waals surface area contributed by atoms with Crippen molar-refractivity contribution in [1.29, 1.82) is 0 Å². The third kappa shape index (κ3) is 0.852. The first-order chi connectivity index (χ1) is 7.93. The van der Waals surface area contributed by atoms with E-state index in [-0.39, 0.29) is 0 Å². The molecule has 74 valence electrons. The molecule has 0 unspecified atom stereocenters. The smallest absolute Gasteiger partial charge is 0.0942 e. The molecule has 0 saturated heterocycles. The predicted molar refractivity (Wildman–Crippen MR) is 63.5 cm³/mol. The highest BCUT2D eigenvalue weighted by Crippen LogP contribution is 2.31. The molecule has 0 aliphatic carbocycles. The Morgan fingerprint density at radius 3 is 2.19 bits per heavy atom. The highest BCUT2D eigenvalue weighted by Gasteiger charge is 2.08. The van der Waals surface area contributed by atoms with Crippen molar-refractivity contribution in [3.63, 3.8) is 0 Å². The Bertz CT molecular complexity index is 678. The summed E-state index contributed by atoms with van der Waals surface area (Å²) >= 11 is 0. The lowest BCUT2D eigenvalue weighted by atomic mass is 10.00. The van der Waals surface area contributed by atoms with Gasteiger partial charge in [0.2, 0.25) is 0 Å². The molecule has 0 aliphatic rings. The second-order valence-electron chi connectivity index (χ2n) is 3.92. The maximum atomic E-state index is 4.23. The molecule has 16 heavy (non-hydrogen) atoms. The maximum Gasteiger partial charge on any atom is 0.0942 e. The van der Waals surface area contributed by atoms with E-state index in [0.717, 1.165) is 21.7 Å². The quantitative estimate of drug-likeness (QED) is 0.414. The van der Waals surface area contributed by atoms with Crippen molar-refractivity contribution in [2.75, 3.05) is 0 Å². The standard InChI is InChI=1S/C13H7N3/c1-2-10-7-15-16-11-4-3-9-6-14-5-8(1)12(9)13(10)11/h1-7H. The molecule has 4 rings (SSSR count). The summed E-state index contributed by atoms with van der Waals surface area (Å²) in [5.41, 5.74) is 0.946. The zero-order valence-corrected chi connectivity index (χ0v) is 8.38. The van der Waals surface area contributed by atoms with Gasteiger partial charge in [-0.05, 0) is 6.07 Å². The summed E-state index contributed by atoms with van der Waals surface area (Å²) in [6.45, 7) is 0. The highest BCUT2D eigenvalue weighted by molar-refractivity contribution is 6.21. The third-order valence-electron chi connectivity index (χ3n) is 3.02. The Hall–Kier alpha value is -2.29. The van der Waals surface area contributed by atoms with Gasteiger partial charge in [-0.25, -0.2) is 0 Å². The van der Waals surface area contributed by atoms with Gasteiger partial charge in [0.05, 0.1) is 11.7 Å².